The fourth-order valence-corrected chi connectivity index (χ4v) is 3.05. The molecule has 0 bridgehead atoms. The van der Waals surface area contributed by atoms with Crippen LogP contribution < -0.4 is 0 Å². The summed E-state index contributed by atoms with van der Waals surface area (Å²) in [6.07, 6.45) is 1.75. The minimum absolute atomic E-state index is 0.237. The molecule has 1 aromatic carbocycles. The Morgan fingerprint density at radius 2 is 2.00 bits per heavy atom. The predicted octanol–water partition coefficient (Wildman–Crippen LogP) is 3.26. The number of ether oxygens (including phenoxy) is 1. The van der Waals surface area contributed by atoms with Gasteiger partial charge in [-0.15, -0.1) is 0 Å². The lowest BCUT2D eigenvalue weighted by molar-refractivity contribution is 0.0863. The first-order valence-electron chi connectivity index (χ1n) is 6.54. The molecule has 1 aromatic rings. The molecule has 0 spiro atoms. The van der Waals surface area contributed by atoms with Crippen LogP contribution in [-0.4, -0.2) is 19.5 Å². The van der Waals surface area contributed by atoms with E-state index in [-0.39, 0.29) is 5.41 Å². The molecule has 1 aliphatic carbocycles. The maximum Gasteiger partial charge on any atom is 0.169 e. The number of Topliss-reactive ketones (excluding diaryl/α,β-unsaturated/α-hetero) is 1. The Hall–Kier alpha value is -1.15. The van der Waals surface area contributed by atoms with Gasteiger partial charge in [0, 0.05) is 18.1 Å². The Balaban J connectivity index is 2.51. The topological polar surface area (TPSA) is 26.3 Å². The lowest BCUT2D eigenvalue weighted by Crippen LogP contribution is -2.19. The van der Waals surface area contributed by atoms with Gasteiger partial charge in [0.25, 0.3) is 0 Å². The van der Waals surface area contributed by atoms with E-state index < -0.39 is 0 Å². The summed E-state index contributed by atoms with van der Waals surface area (Å²) in [6, 6.07) is 2.19. The van der Waals surface area contributed by atoms with Crippen LogP contribution in [0.5, 0.6) is 0 Å². The third-order valence-corrected chi connectivity index (χ3v) is 4.05. The highest BCUT2D eigenvalue weighted by Gasteiger charge is 2.39. The predicted molar refractivity (Wildman–Crippen MR) is 73.3 cm³/mol. The third kappa shape index (κ3) is 1.99. The van der Waals surface area contributed by atoms with Crippen molar-refractivity contribution in [2.24, 2.45) is 5.41 Å². The van der Waals surface area contributed by atoms with Crippen molar-refractivity contribution < 1.29 is 9.53 Å². The van der Waals surface area contributed by atoms with Gasteiger partial charge in [-0.3, -0.25) is 4.79 Å². The van der Waals surface area contributed by atoms with Crippen LogP contribution >= 0.6 is 0 Å². The van der Waals surface area contributed by atoms with E-state index in [4.69, 9.17) is 4.74 Å². The van der Waals surface area contributed by atoms with E-state index in [2.05, 4.69) is 19.9 Å². The van der Waals surface area contributed by atoms with Crippen LogP contribution in [0.25, 0.3) is 0 Å². The molecule has 98 valence electrons. The monoisotopic (exact) mass is 246 g/mol. The molecule has 2 heteroatoms. The normalized spacial score (nSPS) is 17.1. The van der Waals surface area contributed by atoms with Crippen molar-refractivity contribution in [3.8, 4) is 0 Å². The van der Waals surface area contributed by atoms with E-state index in [1.54, 1.807) is 7.11 Å². The Morgan fingerprint density at radius 3 is 2.61 bits per heavy atom. The Morgan fingerprint density at radius 1 is 1.33 bits per heavy atom. The van der Waals surface area contributed by atoms with Gasteiger partial charge >= 0.3 is 0 Å². The highest BCUT2D eigenvalue weighted by atomic mass is 16.5. The molecule has 0 atom stereocenters. The molecule has 0 aromatic heterocycles. The van der Waals surface area contributed by atoms with Crippen molar-refractivity contribution in [1.82, 2.24) is 0 Å². The van der Waals surface area contributed by atoms with Crippen LogP contribution in [0.1, 0.15) is 46.5 Å². The number of carbonyl (C=O) groups excluding carboxylic acids is 1. The summed E-state index contributed by atoms with van der Waals surface area (Å²) >= 11 is 0. The van der Waals surface area contributed by atoms with Crippen LogP contribution in [0.4, 0.5) is 0 Å². The van der Waals surface area contributed by atoms with Gasteiger partial charge in [-0.1, -0.05) is 19.9 Å². The molecular weight excluding hydrogens is 224 g/mol. The molecule has 0 aliphatic heterocycles. The molecule has 1 aliphatic rings. The fourth-order valence-electron chi connectivity index (χ4n) is 3.05. The fraction of sp³-hybridized carbons (Fsp3) is 0.562. The molecule has 0 unspecified atom stereocenters. The van der Waals surface area contributed by atoms with E-state index in [9.17, 15) is 4.79 Å². The first kappa shape index (κ1) is 13.3. The van der Waals surface area contributed by atoms with E-state index >= 15 is 0 Å². The molecule has 0 fully saturated rings. The zero-order chi connectivity index (χ0) is 13.5. The van der Waals surface area contributed by atoms with E-state index in [1.165, 1.54) is 16.7 Å². The van der Waals surface area contributed by atoms with Gasteiger partial charge in [0.15, 0.2) is 5.78 Å². The zero-order valence-corrected chi connectivity index (χ0v) is 12.0. The van der Waals surface area contributed by atoms with Crippen LogP contribution in [0, 0.1) is 19.3 Å². The van der Waals surface area contributed by atoms with Gasteiger partial charge in [0.05, 0.1) is 6.61 Å². The second-order valence-electron chi connectivity index (χ2n) is 5.96. The van der Waals surface area contributed by atoms with Gasteiger partial charge in [0.2, 0.25) is 0 Å². The molecule has 2 nitrogen and oxygen atoms in total. The van der Waals surface area contributed by atoms with Crippen molar-refractivity contribution in [1.29, 1.82) is 0 Å². The van der Waals surface area contributed by atoms with Gasteiger partial charge in [0.1, 0.15) is 0 Å². The Labute approximate surface area is 109 Å². The number of carbonyl (C=O) groups is 1. The van der Waals surface area contributed by atoms with Crippen LogP contribution in [0.2, 0.25) is 0 Å². The molecule has 0 amide bonds. The highest BCUT2D eigenvalue weighted by Crippen LogP contribution is 2.39. The molecule has 0 heterocycles. The number of hydrogen-bond acceptors (Lipinski definition) is 2. The molecule has 0 radical (unpaired) electrons. The lowest BCUT2D eigenvalue weighted by Gasteiger charge is -2.15. The van der Waals surface area contributed by atoms with Gasteiger partial charge in [-0.25, -0.2) is 0 Å². The van der Waals surface area contributed by atoms with Crippen LogP contribution in [0.3, 0.4) is 0 Å². The maximum atomic E-state index is 12.4. The minimum atomic E-state index is -0.237. The smallest absolute Gasteiger partial charge is 0.169 e. The van der Waals surface area contributed by atoms with Crippen molar-refractivity contribution in [2.75, 3.05) is 13.7 Å². The molecule has 2 rings (SSSR count). The summed E-state index contributed by atoms with van der Waals surface area (Å²) in [6.45, 7) is 9.00. The summed E-state index contributed by atoms with van der Waals surface area (Å²) in [5.41, 5.74) is 5.69. The summed E-state index contributed by atoms with van der Waals surface area (Å²) in [5.74, 6) is 0.300. The maximum absolute atomic E-state index is 12.4. The summed E-state index contributed by atoms with van der Waals surface area (Å²) in [4.78, 5) is 12.4. The third-order valence-electron chi connectivity index (χ3n) is 4.05. The SMILES string of the molecule is COCCc1c(C)cc2c(c1C)C(=O)C(C)(C)C2. The Kier molecular flexibility index (Phi) is 3.33. The molecule has 0 saturated heterocycles. The molecule has 0 N–H and O–H groups in total. The number of fused-ring (bicyclic) bond motifs is 1. The minimum Gasteiger partial charge on any atom is -0.384 e. The number of aryl methyl sites for hydroxylation is 1. The largest absolute Gasteiger partial charge is 0.384 e. The van der Waals surface area contributed by atoms with Crippen molar-refractivity contribution >= 4 is 5.78 Å². The summed E-state index contributed by atoms with van der Waals surface area (Å²) in [7, 11) is 1.71. The van der Waals surface area contributed by atoms with Gasteiger partial charge in [-0.05, 0) is 48.9 Å². The quantitative estimate of drug-likeness (QED) is 0.818. The van der Waals surface area contributed by atoms with Crippen LogP contribution in [-0.2, 0) is 17.6 Å². The van der Waals surface area contributed by atoms with Gasteiger partial charge in [-0.2, -0.15) is 0 Å². The summed E-state index contributed by atoms with van der Waals surface area (Å²) in [5, 5.41) is 0. The standard InChI is InChI=1S/C16H22O2/c1-10-8-12-9-16(3,4)15(17)14(12)11(2)13(10)6-7-18-5/h8H,6-7,9H2,1-5H3. The van der Waals surface area contributed by atoms with Crippen molar-refractivity contribution in [3.63, 3.8) is 0 Å². The molecule has 0 saturated carbocycles. The highest BCUT2D eigenvalue weighted by molar-refractivity contribution is 6.06. The number of benzene rings is 1. The summed E-state index contributed by atoms with van der Waals surface area (Å²) < 4.78 is 5.16. The van der Waals surface area contributed by atoms with Crippen molar-refractivity contribution in [2.45, 2.75) is 40.5 Å². The molecular formula is C16H22O2. The number of ketones is 1. The van der Waals surface area contributed by atoms with Crippen LogP contribution in [0.15, 0.2) is 6.07 Å². The van der Waals surface area contributed by atoms with Crippen molar-refractivity contribution in [3.05, 3.63) is 33.9 Å². The first-order chi connectivity index (χ1) is 8.38. The molecule has 18 heavy (non-hydrogen) atoms. The van der Waals surface area contributed by atoms with Gasteiger partial charge < -0.3 is 4.74 Å². The second kappa shape index (κ2) is 4.51. The van der Waals surface area contributed by atoms with E-state index in [0.29, 0.717) is 12.4 Å². The van der Waals surface area contributed by atoms with E-state index in [0.717, 1.165) is 24.0 Å². The number of methoxy groups -OCH3 is 1. The first-order valence-corrected chi connectivity index (χ1v) is 6.54. The average Bonchev–Trinajstić information content (AvgIpc) is 2.49. The number of rotatable bonds is 3. The number of hydrogen-bond donors (Lipinski definition) is 0. The zero-order valence-electron chi connectivity index (χ0n) is 12.0. The Bertz CT molecular complexity index is 498. The second-order valence-corrected chi connectivity index (χ2v) is 5.96. The lowest BCUT2D eigenvalue weighted by atomic mass is 9.88. The van der Waals surface area contributed by atoms with E-state index in [1.807, 2.05) is 13.8 Å². The average molecular weight is 246 g/mol.